The van der Waals surface area contributed by atoms with Crippen molar-refractivity contribution in [2.45, 2.75) is 51.5 Å². The fourth-order valence-electron chi connectivity index (χ4n) is 5.20. The quantitative estimate of drug-likeness (QED) is 0.358. The molecule has 1 saturated carbocycles. The molecule has 1 fully saturated rings. The van der Waals surface area contributed by atoms with Gasteiger partial charge in [0, 0.05) is 31.7 Å². The second-order valence-electron chi connectivity index (χ2n) is 9.98. The number of carbonyl (C=O) groups excluding carboxylic acids is 2. The highest BCUT2D eigenvalue weighted by atomic mass is 16.5. The van der Waals surface area contributed by atoms with E-state index >= 15 is 0 Å². The first-order valence-corrected chi connectivity index (χ1v) is 13.8. The summed E-state index contributed by atoms with van der Waals surface area (Å²) in [5, 5.41) is 6.14. The number of rotatable bonds is 10. The van der Waals surface area contributed by atoms with Crippen molar-refractivity contribution in [3.63, 3.8) is 0 Å². The van der Waals surface area contributed by atoms with E-state index in [1.165, 1.54) is 12.8 Å². The van der Waals surface area contributed by atoms with Crippen LogP contribution in [0.3, 0.4) is 0 Å². The Kier molecular flexibility index (Phi) is 8.36. The molecule has 2 heterocycles. The molecule has 2 N–H and O–H groups in total. The lowest BCUT2D eigenvalue weighted by atomic mass is 10.1. The second kappa shape index (κ2) is 12.3. The second-order valence-corrected chi connectivity index (χ2v) is 9.98. The monoisotopic (exact) mass is 528 g/mol. The van der Waals surface area contributed by atoms with Crippen LogP contribution in [-0.4, -0.2) is 54.6 Å². The maximum absolute atomic E-state index is 13.3. The van der Waals surface area contributed by atoms with Gasteiger partial charge in [0.2, 0.25) is 11.9 Å². The number of aromatic nitrogens is 2. The van der Waals surface area contributed by atoms with Gasteiger partial charge in [0.05, 0.1) is 30.7 Å². The summed E-state index contributed by atoms with van der Waals surface area (Å²) in [6, 6.07) is 16.2. The van der Waals surface area contributed by atoms with Gasteiger partial charge >= 0.3 is 0 Å². The average molecular weight is 529 g/mol. The molecule has 3 aromatic rings. The van der Waals surface area contributed by atoms with Crippen molar-refractivity contribution in [1.29, 1.82) is 0 Å². The zero-order valence-electron chi connectivity index (χ0n) is 22.7. The highest BCUT2D eigenvalue weighted by Gasteiger charge is 2.35. The Morgan fingerprint density at radius 2 is 1.82 bits per heavy atom. The summed E-state index contributed by atoms with van der Waals surface area (Å²) in [4.78, 5) is 38.0. The summed E-state index contributed by atoms with van der Waals surface area (Å²) in [6.45, 7) is 3.46. The van der Waals surface area contributed by atoms with Crippen LogP contribution in [0.5, 0.6) is 0 Å². The van der Waals surface area contributed by atoms with Gasteiger partial charge in [-0.1, -0.05) is 44.0 Å². The van der Waals surface area contributed by atoms with Crippen molar-refractivity contribution in [1.82, 2.24) is 15.3 Å². The molecule has 0 atom stereocenters. The highest BCUT2D eigenvalue weighted by molar-refractivity contribution is 6.13. The Bertz CT molecular complexity index is 1310. The Hall–Kier alpha value is -3.98. The standard InChI is InChI=1S/C30H36N6O3/c1-3-27(37)31-17-19-39-18-16-21-12-14-22(15-13-21)33-30-32-20-26-28(34-30)36(23-8-4-5-9-23)25-11-7-6-10-24(25)29(38)35(26)2/h6-7,10-15,20,23H,3-5,8-9,16-19H2,1-2H3,(H,31,37)(H,32,33,34). The normalized spacial score (nSPS) is 15.1. The largest absolute Gasteiger partial charge is 0.379 e. The van der Waals surface area contributed by atoms with Gasteiger partial charge in [-0.3, -0.25) is 9.59 Å². The third kappa shape index (κ3) is 6.04. The van der Waals surface area contributed by atoms with Crippen LogP contribution in [0.4, 0.5) is 28.8 Å². The lowest BCUT2D eigenvalue weighted by molar-refractivity contribution is -0.121. The molecule has 0 radical (unpaired) electrons. The van der Waals surface area contributed by atoms with E-state index in [4.69, 9.17) is 9.72 Å². The van der Waals surface area contributed by atoms with Crippen LogP contribution in [0.1, 0.15) is 54.9 Å². The first-order chi connectivity index (χ1) is 19.0. The van der Waals surface area contributed by atoms with Gasteiger partial charge < -0.3 is 25.2 Å². The van der Waals surface area contributed by atoms with Crippen LogP contribution in [0.25, 0.3) is 0 Å². The van der Waals surface area contributed by atoms with Crippen molar-refractivity contribution in [2.24, 2.45) is 0 Å². The van der Waals surface area contributed by atoms with E-state index in [0.29, 0.717) is 43.4 Å². The van der Waals surface area contributed by atoms with Crippen molar-refractivity contribution >= 4 is 40.6 Å². The average Bonchev–Trinajstić information content (AvgIpc) is 3.47. The van der Waals surface area contributed by atoms with Gasteiger partial charge in [0.15, 0.2) is 5.82 Å². The maximum Gasteiger partial charge on any atom is 0.260 e. The van der Waals surface area contributed by atoms with Gasteiger partial charge in [-0.05, 0) is 49.1 Å². The van der Waals surface area contributed by atoms with Gasteiger partial charge in [-0.2, -0.15) is 4.98 Å². The van der Waals surface area contributed by atoms with E-state index in [-0.39, 0.29) is 17.9 Å². The number of hydrogen-bond acceptors (Lipinski definition) is 7. The summed E-state index contributed by atoms with van der Waals surface area (Å²) < 4.78 is 5.63. The highest BCUT2D eigenvalue weighted by Crippen LogP contribution is 2.43. The SMILES string of the molecule is CCC(=O)NCCOCCc1ccc(Nc2ncc3c(n2)N(C2CCCC2)c2ccccc2C(=O)N3C)cc1. The third-order valence-electron chi connectivity index (χ3n) is 7.36. The van der Waals surface area contributed by atoms with Crippen LogP contribution >= 0.6 is 0 Å². The minimum Gasteiger partial charge on any atom is -0.379 e. The first-order valence-electron chi connectivity index (χ1n) is 13.8. The molecular weight excluding hydrogens is 492 g/mol. The molecule has 2 amide bonds. The Labute approximate surface area is 229 Å². The number of ether oxygens (including phenoxy) is 1. The fraction of sp³-hybridized carbons (Fsp3) is 0.400. The molecule has 1 aromatic heterocycles. The summed E-state index contributed by atoms with van der Waals surface area (Å²) in [5.41, 5.74) is 4.34. The number of nitrogens with one attached hydrogen (secondary N) is 2. The first kappa shape index (κ1) is 26.6. The van der Waals surface area contributed by atoms with E-state index in [0.717, 1.165) is 42.0 Å². The molecule has 0 saturated heterocycles. The van der Waals surface area contributed by atoms with Gasteiger partial charge in [-0.25, -0.2) is 4.98 Å². The molecule has 2 aromatic carbocycles. The number of hydrogen-bond donors (Lipinski definition) is 2. The number of fused-ring (bicyclic) bond motifs is 2. The molecule has 2 aliphatic rings. The minimum absolute atomic E-state index is 0.0386. The van der Waals surface area contributed by atoms with Crippen molar-refractivity contribution in [3.05, 3.63) is 65.9 Å². The Balaban J connectivity index is 1.29. The van der Waals surface area contributed by atoms with E-state index in [1.54, 1.807) is 18.1 Å². The van der Waals surface area contributed by atoms with E-state index in [2.05, 4.69) is 32.7 Å². The number of carbonyl (C=O) groups is 2. The summed E-state index contributed by atoms with van der Waals surface area (Å²) in [5.74, 6) is 1.23. The predicted octanol–water partition coefficient (Wildman–Crippen LogP) is 4.98. The number of nitrogens with zero attached hydrogens (tertiary/aromatic N) is 4. The fourth-order valence-corrected chi connectivity index (χ4v) is 5.20. The number of benzene rings is 2. The van der Waals surface area contributed by atoms with E-state index < -0.39 is 0 Å². The Morgan fingerprint density at radius 1 is 1.05 bits per heavy atom. The predicted molar refractivity (Wildman–Crippen MR) is 153 cm³/mol. The maximum atomic E-state index is 13.3. The number of amides is 2. The van der Waals surface area contributed by atoms with Crippen LogP contribution in [0.15, 0.2) is 54.7 Å². The van der Waals surface area contributed by atoms with Crippen molar-refractivity contribution < 1.29 is 14.3 Å². The topological polar surface area (TPSA) is 99.7 Å². The molecule has 5 rings (SSSR count). The van der Waals surface area contributed by atoms with Crippen LogP contribution < -0.4 is 20.4 Å². The zero-order chi connectivity index (χ0) is 27.2. The van der Waals surface area contributed by atoms with Gasteiger partial charge in [0.1, 0.15) is 5.69 Å². The van der Waals surface area contributed by atoms with Crippen molar-refractivity contribution in [3.8, 4) is 0 Å². The molecule has 0 spiro atoms. The van der Waals surface area contributed by atoms with Gasteiger partial charge in [-0.15, -0.1) is 0 Å². The Morgan fingerprint density at radius 3 is 2.59 bits per heavy atom. The lowest BCUT2D eigenvalue weighted by Gasteiger charge is -2.31. The molecule has 1 aliphatic carbocycles. The smallest absolute Gasteiger partial charge is 0.260 e. The van der Waals surface area contributed by atoms with E-state index in [1.807, 2.05) is 43.3 Å². The molecule has 9 nitrogen and oxygen atoms in total. The summed E-state index contributed by atoms with van der Waals surface area (Å²) >= 11 is 0. The summed E-state index contributed by atoms with van der Waals surface area (Å²) in [7, 11) is 1.79. The number of anilines is 5. The lowest BCUT2D eigenvalue weighted by Crippen LogP contribution is -2.30. The minimum atomic E-state index is -0.0538. The molecule has 204 valence electrons. The molecule has 1 aliphatic heterocycles. The molecule has 39 heavy (non-hydrogen) atoms. The molecule has 9 heteroatoms. The summed E-state index contributed by atoms with van der Waals surface area (Å²) in [6.07, 6.45) is 7.49. The van der Waals surface area contributed by atoms with Crippen LogP contribution in [0, 0.1) is 0 Å². The third-order valence-corrected chi connectivity index (χ3v) is 7.36. The van der Waals surface area contributed by atoms with Gasteiger partial charge in [0.25, 0.3) is 5.91 Å². The zero-order valence-corrected chi connectivity index (χ0v) is 22.7. The molecule has 0 bridgehead atoms. The van der Waals surface area contributed by atoms with E-state index in [9.17, 15) is 9.59 Å². The van der Waals surface area contributed by atoms with Crippen LogP contribution in [0.2, 0.25) is 0 Å². The number of para-hydroxylation sites is 1. The van der Waals surface area contributed by atoms with Crippen molar-refractivity contribution in [2.75, 3.05) is 41.9 Å². The molecular formula is C30H36N6O3. The molecule has 0 unspecified atom stereocenters. The van der Waals surface area contributed by atoms with Crippen LogP contribution in [-0.2, 0) is 16.0 Å².